The van der Waals surface area contributed by atoms with Crippen LogP contribution in [0, 0.1) is 0 Å². The molecular formula is C6H13F3N2O. The van der Waals surface area contributed by atoms with Gasteiger partial charge in [0.25, 0.3) is 0 Å². The number of alkyl halides is 3. The third kappa shape index (κ3) is 3.89. The average Bonchev–Trinajstić information content (AvgIpc) is 1.97. The fraction of sp³-hybridized carbons (Fsp3) is 1.00. The molecule has 0 heterocycles. The second kappa shape index (κ2) is 4.64. The lowest BCUT2D eigenvalue weighted by molar-refractivity contribution is -0.154. The molecule has 0 fully saturated rings. The topological polar surface area (TPSA) is 61.3 Å². The van der Waals surface area contributed by atoms with E-state index in [2.05, 4.69) is 0 Å². The second-order valence-electron chi connectivity index (χ2n) is 2.39. The summed E-state index contributed by atoms with van der Waals surface area (Å²) in [4.78, 5) is 0. The van der Waals surface area contributed by atoms with Gasteiger partial charge in [0, 0.05) is 6.61 Å². The average molecular weight is 186 g/mol. The van der Waals surface area contributed by atoms with E-state index in [1.165, 1.54) is 0 Å². The highest BCUT2D eigenvalue weighted by molar-refractivity contribution is 4.82. The van der Waals surface area contributed by atoms with Crippen LogP contribution in [-0.2, 0) is 4.74 Å². The molecule has 0 aliphatic rings. The maximum absolute atomic E-state index is 11.9. The molecule has 6 heteroatoms. The minimum atomic E-state index is -4.45. The third-order valence-corrected chi connectivity index (χ3v) is 1.35. The minimum Gasteiger partial charge on any atom is -0.380 e. The van der Waals surface area contributed by atoms with Crippen molar-refractivity contribution < 1.29 is 17.9 Å². The van der Waals surface area contributed by atoms with Crippen LogP contribution in [0.15, 0.2) is 0 Å². The number of hydrogen-bond donors (Lipinski definition) is 2. The Balaban J connectivity index is 3.84. The molecule has 2 atom stereocenters. The Hall–Kier alpha value is -0.330. The molecule has 0 spiro atoms. The Morgan fingerprint density at radius 3 is 2.17 bits per heavy atom. The van der Waals surface area contributed by atoms with Crippen LogP contribution in [0.1, 0.15) is 6.92 Å². The van der Waals surface area contributed by atoms with Gasteiger partial charge in [-0.2, -0.15) is 13.2 Å². The van der Waals surface area contributed by atoms with Crippen LogP contribution in [0.5, 0.6) is 0 Å². The van der Waals surface area contributed by atoms with Crippen LogP contribution >= 0.6 is 0 Å². The molecule has 0 saturated carbocycles. The minimum absolute atomic E-state index is 0.169. The zero-order chi connectivity index (χ0) is 9.78. The molecule has 12 heavy (non-hydrogen) atoms. The first-order valence-corrected chi connectivity index (χ1v) is 3.55. The Kier molecular flexibility index (Phi) is 4.51. The summed E-state index contributed by atoms with van der Waals surface area (Å²) in [6, 6.07) is -3.20. The molecule has 0 saturated heterocycles. The van der Waals surface area contributed by atoms with Gasteiger partial charge in [0.15, 0.2) is 0 Å². The van der Waals surface area contributed by atoms with Crippen LogP contribution in [0.4, 0.5) is 13.2 Å². The van der Waals surface area contributed by atoms with Gasteiger partial charge >= 0.3 is 6.18 Å². The predicted molar refractivity (Wildman–Crippen MR) is 38.5 cm³/mol. The predicted octanol–water partition coefficient (Wildman–Crippen LogP) is 0.240. The summed E-state index contributed by atoms with van der Waals surface area (Å²) in [7, 11) is 0. The van der Waals surface area contributed by atoms with E-state index in [-0.39, 0.29) is 6.61 Å². The molecule has 0 aromatic heterocycles. The molecule has 3 nitrogen and oxygen atoms in total. The summed E-state index contributed by atoms with van der Waals surface area (Å²) in [6.45, 7) is 1.83. The lowest BCUT2D eigenvalue weighted by atomic mass is 10.1. The van der Waals surface area contributed by atoms with Crippen molar-refractivity contribution in [2.24, 2.45) is 11.5 Å². The van der Waals surface area contributed by atoms with Crippen molar-refractivity contribution >= 4 is 0 Å². The number of nitrogens with two attached hydrogens (primary N) is 2. The van der Waals surface area contributed by atoms with Gasteiger partial charge in [0.1, 0.15) is 6.04 Å². The van der Waals surface area contributed by atoms with E-state index in [0.29, 0.717) is 6.61 Å². The first kappa shape index (κ1) is 11.7. The Bertz CT molecular complexity index is 128. The van der Waals surface area contributed by atoms with E-state index in [4.69, 9.17) is 16.2 Å². The van der Waals surface area contributed by atoms with E-state index in [9.17, 15) is 13.2 Å². The van der Waals surface area contributed by atoms with Crippen molar-refractivity contribution in [1.82, 2.24) is 0 Å². The van der Waals surface area contributed by atoms with Crippen molar-refractivity contribution in [2.45, 2.75) is 25.2 Å². The maximum atomic E-state index is 11.9. The molecule has 74 valence electrons. The highest BCUT2D eigenvalue weighted by atomic mass is 19.4. The van der Waals surface area contributed by atoms with E-state index in [0.717, 1.165) is 0 Å². The van der Waals surface area contributed by atoms with E-state index in [1.807, 2.05) is 0 Å². The summed E-state index contributed by atoms with van der Waals surface area (Å²) >= 11 is 0. The first-order chi connectivity index (χ1) is 5.39. The van der Waals surface area contributed by atoms with Crippen LogP contribution in [0.2, 0.25) is 0 Å². The van der Waals surface area contributed by atoms with Crippen LogP contribution < -0.4 is 11.5 Å². The highest BCUT2D eigenvalue weighted by Gasteiger charge is 2.40. The molecule has 0 aliphatic carbocycles. The molecule has 0 aliphatic heterocycles. The van der Waals surface area contributed by atoms with Crippen molar-refractivity contribution in [2.75, 3.05) is 13.2 Å². The van der Waals surface area contributed by atoms with Gasteiger partial charge < -0.3 is 16.2 Å². The molecule has 0 radical (unpaired) electrons. The molecule has 4 N–H and O–H groups in total. The summed E-state index contributed by atoms with van der Waals surface area (Å²) in [5, 5.41) is 0. The Labute approximate surface area is 68.9 Å². The number of ether oxygens (including phenoxy) is 1. The fourth-order valence-corrected chi connectivity index (χ4v) is 0.600. The normalized spacial score (nSPS) is 17.5. The molecule has 0 aromatic rings. The van der Waals surface area contributed by atoms with Crippen molar-refractivity contribution in [3.8, 4) is 0 Å². The van der Waals surface area contributed by atoms with Crippen molar-refractivity contribution in [3.63, 3.8) is 0 Å². The van der Waals surface area contributed by atoms with Gasteiger partial charge in [-0.3, -0.25) is 0 Å². The first-order valence-electron chi connectivity index (χ1n) is 3.55. The fourth-order valence-electron chi connectivity index (χ4n) is 0.600. The Morgan fingerprint density at radius 1 is 1.33 bits per heavy atom. The van der Waals surface area contributed by atoms with Crippen molar-refractivity contribution in [1.29, 1.82) is 0 Å². The number of hydrogen-bond acceptors (Lipinski definition) is 3. The zero-order valence-electron chi connectivity index (χ0n) is 6.77. The van der Waals surface area contributed by atoms with E-state index >= 15 is 0 Å². The summed E-state index contributed by atoms with van der Waals surface area (Å²) < 4.78 is 40.3. The SMILES string of the molecule is CCOCC(N)C(N)C(F)(F)F. The largest absolute Gasteiger partial charge is 0.405 e. The van der Waals surface area contributed by atoms with Crippen LogP contribution in [0.25, 0.3) is 0 Å². The molecule has 0 rings (SSSR count). The lowest BCUT2D eigenvalue weighted by Crippen LogP contribution is -2.53. The smallest absolute Gasteiger partial charge is 0.380 e. The van der Waals surface area contributed by atoms with E-state index < -0.39 is 18.3 Å². The van der Waals surface area contributed by atoms with Crippen LogP contribution in [-0.4, -0.2) is 31.5 Å². The summed E-state index contributed by atoms with van der Waals surface area (Å²) in [5.74, 6) is 0. The molecule has 0 amide bonds. The Morgan fingerprint density at radius 2 is 1.83 bits per heavy atom. The van der Waals surface area contributed by atoms with Gasteiger partial charge in [-0.25, -0.2) is 0 Å². The molecule has 2 unspecified atom stereocenters. The van der Waals surface area contributed by atoms with E-state index in [1.54, 1.807) is 6.92 Å². The molecule has 0 bridgehead atoms. The van der Waals surface area contributed by atoms with Gasteiger partial charge in [-0.1, -0.05) is 0 Å². The zero-order valence-corrected chi connectivity index (χ0v) is 6.77. The molecular weight excluding hydrogens is 173 g/mol. The number of rotatable bonds is 4. The van der Waals surface area contributed by atoms with Gasteiger partial charge in [0.2, 0.25) is 0 Å². The maximum Gasteiger partial charge on any atom is 0.405 e. The van der Waals surface area contributed by atoms with Gasteiger partial charge in [-0.15, -0.1) is 0 Å². The third-order valence-electron chi connectivity index (χ3n) is 1.35. The quantitative estimate of drug-likeness (QED) is 0.661. The highest BCUT2D eigenvalue weighted by Crippen LogP contribution is 2.19. The summed E-state index contributed by atoms with van der Waals surface area (Å²) in [6.07, 6.45) is -4.45. The molecule has 0 aromatic carbocycles. The number of halogens is 3. The monoisotopic (exact) mass is 186 g/mol. The summed E-state index contributed by atoms with van der Waals surface area (Å²) in [5.41, 5.74) is 9.92. The van der Waals surface area contributed by atoms with Gasteiger partial charge in [0.05, 0.1) is 12.6 Å². The lowest BCUT2D eigenvalue weighted by Gasteiger charge is -2.21. The second-order valence-corrected chi connectivity index (χ2v) is 2.39. The van der Waals surface area contributed by atoms with Gasteiger partial charge in [-0.05, 0) is 6.92 Å². The van der Waals surface area contributed by atoms with Crippen LogP contribution in [0.3, 0.4) is 0 Å². The van der Waals surface area contributed by atoms with Crippen molar-refractivity contribution in [3.05, 3.63) is 0 Å². The standard InChI is InChI=1S/C6H13F3N2O/c1-2-12-3-4(10)5(11)6(7,8)9/h4-5H,2-3,10-11H2,1H3.